The van der Waals surface area contributed by atoms with E-state index in [0.717, 1.165) is 21.6 Å². The summed E-state index contributed by atoms with van der Waals surface area (Å²) in [6.45, 7) is 7.44. The lowest BCUT2D eigenvalue weighted by molar-refractivity contribution is -0.142. The quantitative estimate of drug-likeness (QED) is 0.104. The predicted molar refractivity (Wildman–Crippen MR) is 223 cm³/mol. The van der Waals surface area contributed by atoms with Gasteiger partial charge in [0, 0.05) is 32.7 Å². The zero-order chi connectivity index (χ0) is 42.5. The van der Waals surface area contributed by atoms with Gasteiger partial charge in [-0.25, -0.2) is 19.4 Å². The van der Waals surface area contributed by atoms with Crippen LogP contribution in [0.3, 0.4) is 0 Å². The van der Waals surface area contributed by atoms with Crippen LogP contribution < -0.4 is 5.73 Å². The maximum Gasteiger partial charge on any atom is 0.328 e. The van der Waals surface area contributed by atoms with Crippen molar-refractivity contribution < 1.29 is 47.6 Å². The molecule has 6 amide bonds. The molecule has 15 nitrogen and oxygen atoms in total. The summed E-state index contributed by atoms with van der Waals surface area (Å²) < 4.78 is 35.6. The van der Waals surface area contributed by atoms with Crippen LogP contribution in [0.4, 0.5) is 9.59 Å². The van der Waals surface area contributed by atoms with Crippen molar-refractivity contribution in [2.75, 3.05) is 79.2 Å². The standard InChI is InChI=1S/C45H61N5O10/c1-35-27-47(44(53)49(42(35)51)33-57-30-38-14-8-4-9-15-38)20-18-40(26-46)59-24-23-56-32-41(60-25-22-55-29-37-12-6-3-7-13-37)19-21-48-28-36(2)43(52)50(45(48)54)34-58-31-39-16-10-5-11-17-39/h3-17,35-36,40-41H,18-34,46H2,1-2H3/t35?,36?,40-,41-/m0/s1. The van der Waals surface area contributed by atoms with Crippen LogP contribution in [0.2, 0.25) is 0 Å². The molecule has 2 N–H and O–H groups in total. The molecule has 3 aromatic carbocycles. The smallest absolute Gasteiger partial charge is 0.328 e. The fourth-order valence-electron chi connectivity index (χ4n) is 6.92. The highest BCUT2D eigenvalue weighted by Gasteiger charge is 2.38. The number of carbonyl (C=O) groups is 4. The molecule has 5 rings (SSSR count). The van der Waals surface area contributed by atoms with E-state index in [1.54, 1.807) is 16.7 Å². The van der Waals surface area contributed by atoms with E-state index in [-0.39, 0.29) is 88.9 Å². The number of hydrogen-bond donors (Lipinski definition) is 1. The molecule has 2 fully saturated rings. The largest absolute Gasteiger partial charge is 0.376 e. The summed E-state index contributed by atoms with van der Waals surface area (Å²) in [6.07, 6.45) is 0.249. The lowest BCUT2D eigenvalue weighted by Gasteiger charge is -2.37. The van der Waals surface area contributed by atoms with E-state index in [1.807, 2.05) is 97.9 Å². The summed E-state index contributed by atoms with van der Waals surface area (Å²) in [5, 5.41) is 0. The molecule has 2 unspecified atom stereocenters. The zero-order valence-electron chi connectivity index (χ0n) is 34.9. The van der Waals surface area contributed by atoms with Crippen molar-refractivity contribution in [3.8, 4) is 0 Å². The minimum Gasteiger partial charge on any atom is -0.376 e. The van der Waals surface area contributed by atoms with Gasteiger partial charge in [0.25, 0.3) is 0 Å². The van der Waals surface area contributed by atoms with E-state index in [9.17, 15) is 19.2 Å². The molecule has 60 heavy (non-hydrogen) atoms. The summed E-state index contributed by atoms with van der Waals surface area (Å²) in [5.74, 6) is -1.26. The molecule has 4 atom stereocenters. The monoisotopic (exact) mass is 831 g/mol. The molecule has 0 aromatic heterocycles. The van der Waals surface area contributed by atoms with E-state index in [1.165, 1.54) is 4.90 Å². The van der Waals surface area contributed by atoms with Crippen LogP contribution >= 0.6 is 0 Å². The molecule has 3 aromatic rings. The van der Waals surface area contributed by atoms with Crippen molar-refractivity contribution in [2.45, 2.75) is 58.7 Å². The minimum atomic E-state index is -0.394. The lowest BCUT2D eigenvalue weighted by atomic mass is 10.1. The molecule has 15 heteroatoms. The van der Waals surface area contributed by atoms with Gasteiger partial charge in [0.1, 0.15) is 13.5 Å². The second-order valence-corrected chi connectivity index (χ2v) is 15.1. The average Bonchev–Trinajstić information content (AvgIpc) is 3.27. The highest BCUT2D eigenvalue weighted by Crippen LogP contribution is 2.20. The number of nitrogens with two attached hydrogens (primary N) is 1. The van der Waals surface area contributed by atoms with Crippen LogP contribution in [-0.4, -0.2) is 135 Å². The zero-order valence-corrected chi connectivity index (χ0v) is 34.9. The molecule has 2 aliphatic rings. The summed E-state index contributed by atoms with van der Waals surface area (Å²) in [7, 11) is 0. The third-order valence-electron chi connectivity index (χ3n) is 10.3. The molecular weight excluding hydrogens is 771 g/mol. The van der Waals surface area contributed by atoms with Crippen molar-refractivity contribution in [3.63, 3.8) is 0 Å². The van der Waals surface area contributed by atoms with Crippen LogP contribution in [0.5, 0.6) is 0 Å². The van der Waals surface area contributed by atoms with Gasteiger partial charge in [0.05, 0.1) is 76.9 Å². The number of rotatable bonds is 27. The van der Waals surface area contributed by atoms with Gasteiger partial charge in [-0.05, 0) is 29.5 Å². The first kappa shape index (κ1) is 46.3. The van der Waals surface area contributed by atoms with E-state index in [4.69, 9.17) is 34.2 Å². The number of benzene rings is 3. The number of ether oxygens (including phenoxy) is 6. The molecule has 0 bridgehead atoms. The first-order valence-electron chi connectivity index (χ1n) is 20.8. The second-order valence-electron chi connectivity index (χ2n) is 15.1. The number of amides is 6. The second kappa shape index (κ2) is 25.1. The third kappa shape index (κ3) is 14.8. The summed E-state index contributed by atoms with van der Waals surface area (Å²) in [6, 6.07) is 28.3. The number of hydrogen-bond acceptors (Lipinski definition) is 11. The van der Waals surface area contributed by atoms with E-state index < -0.39 is 12.1 Å². The minimum absolute atomic E-state index is 0.122. The Kier molecular flexibility index (Phi) is 19.4. The Morgan fingerprint density at radius 1 is 0.550 bits per heavy atom. The van der Waals surface area contributed by atoms with E-state index in [0.29, 0.717) is 58.8 Å². The normalized spacial score (nSPS) is 18.4. The van der Waals surface area contributed by atoms with Crippen molar-refractivity contribution in [2.24, 2.45) is 17.6 Å². The van der Waals surface area contributed by atoms with Gasteiger partial charge in [-0.1, -0.05) is 105 Å². The van der Waals surface area contributed by atoms with E-state index in [2.05, 4.69) is 0 Å². The van der Waals surface area contributed by atoms with Crippen molar-refractivity contribution in [1.29, 1.82) is 0 Å². The van der Waals surface area contributed by atoms with Gasteiger partial charge in [-0.3, -0.25) is 9.59 Å². The summed E-state index contributed by atoms with van der Waals surface area (Å²) in [4.78, 5) is 58.2. The maximum atomic E-state index is 13.5. The maximum absolute atomic E-state index is 13.5. The molecule has 0 aliphatic carbocycles. The topological polar surface area (TPSA) is 163 Å². The molecule has 0 saturated carbocycles. The summed E-state index contributed by atoms with van der Waals surface area (Å²) in [5.41, 5.74) is 9.02. The number of nitrogens with zero attached hydrogens (tertiary/aromatic N) is 4. The van der Waals surface area contributed by atoms with Crippen LogP contribution in [-0.2, 0) is 57.8 Å². The van der Waals surface area contributed by atoms with Crippen molar-refractivity contribution in [1.82, 2.24) is 19.6 Å². The van der Waals surface area contributed by atoms with Gasteiger partial charge in [0.15, 0.2) is 0 Å². The lowest BCUT2D eigenvalue weighted by Crippen LogP contribution is -2.57. The Morgan fingerprint density at radius 3 is 1.40 bits per heavy atom. The first-order chi connectivity index (χ1) is 29.2. The van der Waals surface area contributed by atoms with Crippen LogP contribution in [0.15, 0.2) is 91.0 Å². The molecule has 326 valence electrons. The highest BCUT2D eigenvalue weighted by atomic mass is 16.6. The van der Waals surface area contributed by atoms with Crippen molar-refractivity contribution >= 4 is 23.9 Å². The molecule has 2 aliphatic heterocycles. The molecule has 2 saturated heterocycles. The van der Waals surface area contributed by atoms with Gasteiger partial charge < -0.3 is 44.0 Å². The Labute approximate surface area is 353 Å². The number of urea groups is 2. The highest BCUT2D eigenvalue weighted by molar-refractivity contribution is 5.98. The molecular formula is C45H61N5O10. The first-order valence-corrected chi connectivity index (χ1v) is 20.8. The van der Waals surface area contributed by atoms with Gasteiger partial charge in [0.2, 0.25) is 11.8 Å². The molecule has 0 spiro atoms. The van der Waals surface area contributed by atoms with Crippen LogP contribution in [0.25, 0.3) is 0 Å². The Balaban J connectivity index is 1.06. The molecule has 2 heterocycles. The fraction of sp³-hybridized carbons (Fsp3) is 0.511. The van der Waals surface area contributed by atoms with Gasteiger partial charge >= 0.3 is 12.1 Å². The average molecular weight is 832 g/mol. The van der Waals surface area contributed by atoms with E-state index >= 15 is 0 Å². The van der Waals surface area contributed by atoms with Crippen molar-refractivity contribution in [3.05, 3.63) is 108 Å². The Hall–Kier alpha value is -4.74. The Bertz CT molecular complexity index is 1740. The number of carbonyl (C=O) groups excluding carboxylic acids is 4. The SMILES string of the molecule is CC1CN(CC[C@@H](CN)OCCOC[C@H](CCN2CC(C)C(=O)N(COCc3ccccc3)C2=O)OCCOCc2ccccc2)C(=O)N(COCc2ccccc2)C1=O. The third-order valence-corrected chi connectivity index (χ3v) is 10.3. The van der Waals surface area contributed by atoms with Gasteiger partial charge in [-0.2, -0.15) is 0 Å². The van der Waals surface area contributed by atoms with Gasteiger partial charge in [-0.15, -0.1) is 0 Å². The van der Waals surface area contributed by atoms with Crippen LogP contribution in [0.1, 0.15) is 43.4 Å². The predicted octanol–water partition coefficient (Wildman–Crippen LogP) is 4.88. The number of imide groups is 2. The summed E-state index contributed by atoms with van der Waals surface area (Å²) >= 11 is 0. The Morgan fingerprint density at radius 2 is 0.950 bits per heavy atom. The fourth-order valence-corrected chi connectivity index (χ4v) is 6.92. The molecule has 0 radical (unpaired) electrons. The van der Waals surface area contributed by atoms with Crippen LogP contribution in [0, 0.1) is 11.8 Å².